The summed E-state index contributed by atoms with van der Waals surface area (Å²) in [7, 11) is 0. The van der Waals surface area contributed by atoms with Crippen LogP contribution in [0.4, 0.5) is 5.82 Å². The van der Waals surface area contributed by atoms with E-state index in [1.165, 1.54) is 18.4 Å². The molecule has 1 aromatic rings. The van der Waals surface area contributed by atoms with Gasteiger partial charge in [0.25, 0.3) is 0 Å². The van der Waals surface area contributed by atoms with Gasteiger partial charge in [0.05, 0.1) is 10.6 Å². The molecule has 5 nitrogen and oxygen atoms in total. The predicted octanol–water partition coefficient (Wildman–Crippen LogP) is 4.90. The Morgan fingerprint density at radius 3 is 2.91 bits per heavy atom. The van der Waals surface area contributed by atoms with Crippen LogP contribution >= 0.6 is 11.6 Å². The van der Waals surface area contributed by atoms with Crippen molar-refractivity contribution in [3.05, 3.63) is 41.1 Å². The van der Waals surface area contributed by atoms with Crippen molar-refractivity contribution in [2.75, 3.05) is 38.1 Å². The molecule has 6 heteroatoms. The number of rotatable bonds is 7. The van der Waals surface area contributed by atoms with Crippen molar-refractivity contribution in [3.8, 4) is 0 Å². The number of fused-ring (bicyclic) bond motifs is 1. The Morgan fingerprint density at radius 2 is 2.12 bits per heavy atom. The van der Waals surface area contributed by atoms with Crippen LogP contribution in [0.25, 0.3) is 5.57 Å². The highest BCUT2D eigenvalue weighted by Crippen LogP contribution is 2.60. The lowest BCUT2D eigenvalue weighted by Gasteiger charge is -2.36. The molecule has 0 aromatic carbocycles. The Balaban J connectivity index is 1.26. The number of halogens is 1. The zero-order valence-electron chi connectivity index (χ0n) is 20.3. The molecule has 3 N–H and O–H groups in total. The van der Waals surface area contributed by atoms with Crippen molar-refractivity contribution in [1.29, 1.82) is 0 Å². The molecule has 3 fully saturated rings. The number of hydrogen-bond donors (Lipinski definition) is 3. The molecule has 5 unspecified atom stereocenters. The first kappa shape index (κ1) is 23.3. The van der Waals surface area contributed by atoms with Crippen molar-refractivity contribution >= 4 is 23.0 Å². The average molecular weight is 471 g/mol. The molecule has 5 atom stereocenters. The van der Waals surface area contributed by atoms with Crippen molar-refractivity contribution in [2.45, 2.75) is 57.6 Å². The highest BCUT2D eigenvalue weighted by Gasteiger charge is 2.62. The molecule has 3 heterocycles. The fourth-order valence-electron chi connectivity index (χ4n) is 6.33. The van der Waals surface area contributed by atoms with Crippen LogP contribution in [-0.4, -0.2) is 48.9 Å². The van der Waals surface area contributed by atoms with Gasteiger partial charge in [-0.05, 0) is 88.6 Å². The molecule has 0 spiro atoms. The normalized spacial score (nSPS) is 35.0. The van der Waals surface area contributed by atoms with Gasteiger partial charge < -0.3 is 20.7 Å². The molecule has 2 aliphatic heterocycles. The number of allylic oxidation sites excluding steroid dienone is 2. The van der Waals surface area contributed by atoms with Crippen LogP contribution in [-0.2, 0) is 4.74 Å². The van der Waals surface area contributed by atoms with E-state index in [0.29, 0.717) is 23.7 Å². The van der Waals surface area contributed by atoms with Gasteiger partial charge in [-0.1, -0.05) is 36.8 Å². The second-order valence-electron chi connectivity index (χ2n) is 11.2. The van der Waals surface area contributed by atoms with Gasteiger partial charge in [0.2, 0.25) is 0 Å². The van der Waals surface area contributed by atoms with E-state index in [2.05, 4.69) is 66.0 Å². The maximum absolute atomic E-state index is 6.69. The molecule has 5 rings (SSSR count). The molecule has 0 radical (unpaired) electrons. The van der Waals surface area contributed by atoms with Gasteiger partial charge >= 0.3 is 0 Å². The number of anilines is 1. The number of pyridine rings is 1. The molecule has 33 heavy (non-hydrogen) atoms. The molecule has 1 saturated carbocycles. The van der Waals surface area contributed by atoms with Gasteiger partial charge in [0, 0.05) is 36.4 Å². The van der Waals surface area contributed by atoms with Crippen LogP contribution < -0.4 is 16.0 Å². The summed E-state index contributed by atoms with van der Waals surface area (Å²) < 4.78 is 5.92. The van der Waals surface area contributed by atoms with Gasteiger partial charge in [-0.25, -0.2) is 4.98 Å². The quantitative estimate of drug-likeness (QED) is 0.529. The van der Waals surface area contributed by atoms with E-state index in [-0.39, 0.29) is 11.1 Å². The highest BCUT2D eigenvalue weighted by molar-refractivity contribution is 6.32. The van der Waals surface area contributed by atoms with Gasteiger partial charge in [0.15, 0.2) is 0 Å². The van der Waals surface area contributed by atoms with Crippen molar-refractivity contribution in [2.24, 2.45) is 23.7 Å². The summed E-state index contributed by atoms with van der Waals surface area (Å²) in [5, 5.41) is 11.8. The second kappa shape index (κ2) is 9.33. The zero-order valence-corrected chi connectivity index (χ0v) is 21.0. The van der Waals surface area contributed by atoms with Gasteiger partial charge in [0.1, 0.15) is 5.82 Å². The lowest BCUT2D eigenvalue weighted by Crippen LogP contribution is -2.42. The summed E-state index contributed by atoms with van der Waals surface area (Å²) in [4.78, 5) is 4.57. The van der Waals surface area contributed by atoms with Crippen molar-refractivity contribution in [3.63, 3.8) is 0 Å². The van der Waals surface area contributed by atoms with E-state index in [1.54, 1.807) is 0 Å². The summed E-state index contributed by atoms with van der Waals surface area (Å²) in [6.45, 7) is 11.9. The van der Waals surface area contributed by atoms with Crippen molar-refractivity contribution < 1.29 is 4.74 Å². The van der Waals surface area contributed by atoms with E-state index in [9.17, 15) is 0 Å². The maximum Gasteiger partial charge on any atom is 0.126 e. The van der Waals surface area contributed by atoms with Crippen LogP contribution in [0.5, 0.6) is 0 Å². The average Bonchev–Trinajstić information content (AvgIpc) is 3.42. The molecular weight excluding hydrogens is 432 g/mol. The van der Waals surface area contributed by atoms with Crippen LogP contribution in [0.15, 0.2) is 30.5 Å². The summed E-state index contributed by atoms with van der Waals surface area (Å²) in [6.07, 6.45) is 13.4. The second-order valence-corrected chi connectivity index (χ2v) is 11.6. The third kappa shape index (κ3) is 4.88. The standard InChI is InChI=1S/C27H39ClN4O/c1-18-25-21(7-4-9-27(18,25)32-16-19-8-11-33-26(2,3)13-19)22-12-24(31-17-23(22)28)30-15-20-6-5-10-29-14-20/h4,7,9,12,17-20,25,29,32H,5-6,8,10-11,13-16H2,1-3H3,(H,30,31). The molecule has 4 aliphatic rings. The van der Waals surface area contributed by atoms with E-state index in [4.69, 9.17) is 16.3 Å². The molecule has 2 aliphatic carbocycles. The molecule has 0 amide bonds. The number of piperidine rings is 1. The Bertz CT molecular complexity index is 923. The summed E-state index contributed by atoms with van der Waals surface area (Å²) in [6, 6.07) is 2.15. The van der Waals surface area contributed by atoms with Crippen molar-refractivity contribution in [1.82, 2.24) is 15.6 Å². The highest BCUT2D eigenvalue weighted by atomic mass is 35.5. The lowest BCUT2D eigenvalue weighted by atomic mass is 9.87. The number of nitrogens with zero attached hydrogens (tertiary/aromatic N) is 1. The third-order valence-corrected chi connectivity index (χ3v) is 8.58. The molecular formula is C27H39ClN4O. The number of hydrogen-bond acceptors (Lipinski definition) is 5. The van der Waals surface area contributed by atoms with Gasteiger partial charge in [-0.3, -0.25) is 0 Å². The van der Waals surface area contributed by atoms with E-state index in [1.807, 2.05) is 6.20 Å². The first-order chi connectivity index (χ1) is 15.9. The Kier molecular flexibility index (Phi) is 6.60. The van der Waals surface area contributed by atoms with Crippen LogP contribution in [0.1, 0.15) is 52.0 Å². The smallest absolute Gasteiger partial charge is 0.126 e. The Morgan fingerprint density at radius 1 is 1.24 bits per heavy atom. The summed E-state index contributed by atoms with van der Waals surface area (Å²) in [5.41, 5.74) is 2.49. The summed E-state index contributed by atoms with van der Waals surface area (Å²) >= 11 is 6.69. The van der Waals surface area contributed by atoms with Crippen LogP contribution in [0.3, 0.4) is 0 Å². The zero-order chi connectivity index (χ0) is 23.1. The molecule has 2 saturated heterocycles. The Labute approximate surface area is 203 Å². The Hall–Kier alpha value is -1.40. The third-order valence-electron chi connectivity index (χ3n) is 8.28. The van der Waals surface area contributed by atoms with E-state index in [0.717, 1.165) is 62.0 Å². The molecule has 0 bridgehead atoms. The maximum atomic E-state index is 6.69. The van der Waals surface area contributed by atoms with Gasteiger partial charge in [-0.15, -0.1) is 0 Å². The largest absolute Gasteiger partial charge is 0.376 e. The number of ether oxygens (including phenoxy) is 1. The molecule has 1 aromatic heterocycles. The number of aromatic nitrogens is 1. The predicted molar refractivity (Wildman–Crippen MR) is 137 cm³/mol. The van der Waals surface area contributed by atoms with E-state index >= 15 is 0 Å². The monoisotopic (exact) mass is 470 g/mol. The minimum atomic E-state index is -0.00798. The minimum Gasteiger partial charge on any atom is -0.376 e. The minimum absolute atomic E-state index is 0.00798. The first-order valence-corrected chi connectivity index (χ1v) is 13.1. The lowest BCUT2D eigenvalue weighted by molar-refractivity contribution is -0.0721. The fourth-order valence-corrected chi connectivity index (χ4v) is 6.54. The SMILES string of the molecule is CC1C2C(c3cc(NCC4CCCNC4)ncc3Cl)=CC=CC12NCC1CCOC(C)(C)C1. The summed E-state index contributed by atoms with van der Waals surface area (Å²) in [5.74, 6) is 3.24. The molecule has 180 valence electrons. The van der Waals surface area contributed by atoms with Crippen LogP contribution in [0.2, 0.25) is 5.02 Å². The first-order valence-electron chi connectivity index (χ1n) is 12.8. The number of nitrogens with one attached hydrogen (secondary N) is 3. The fraction of sp³-hybridized carbons (Fsp3) is 0.667. The van der Waals surface area contributed by atoms with E-state index < -0.39 is 0 Å². The van der Waals surface area contributed by atoms with Gasteiger partial charge in [-0.2, -0.15) is 0 Å². The van der Waals surface area contributed by atoms with Crippen LogP contribution in [0, 0.1) is 23.7 Å². The topological polar surface area (TPSA) is 58.2 Å².